The molecule has 134 valence electrons. The van der Waals surface area contributed by atoms with E-state index in [0.717, 1.165) is 27.4 Å². The van der Waals surface area contributed by atoms with Gasteiger partial charge in [-0.15, -0.1) is 0 Å². The monoisotopic (exact) mass is 408 g/mol. The number of carbonyl (C=O) groups is 1. The fourth-order valence-corrected chi connectivity index (χ4v) is 3.59. The van der Waals surface area contributed by atoms with Gasteiger partial charge in [-0.25, -0.2) is 9.78 Å². The number of rotatable bonds is 4. The standard InChI is InChI=1S/C18H21BrN2O4/c1-4-24-18(22)21-10-13(7-11(21)2)25-17-14-9-15(19)16(23-3)8-12(14)5-6-20-17/h5-6,8-9,11,13H,4,7,10H2,1-3H3/t11-,13-/m1/s1. The third kappa shape index (κ3) is 3.66. The molecular formula is C18H21BrN2O4. The minimum atomic E-state index is -0.292. The Hall–Kier alpha value is -2.02. The second-order valence-corrected chi connectivity index (χ2v) is 6.85. The van der Waals surface area contributed by atoms with Gasteiger partial charge in [-0.05, 0) is 53.4 Å². The smallest absolute Gasteiger partial charge is 0.410 e. The molecule has 0 aliphatic carbocycles. The summed E-state index contributed by atoms with van der Waals surface area (Å²) in [4.78, 5) is 18.1. The second kappa shape index (κ2) is 7.47. The molecule has 0 N–H and O–H groups in total. The quantitative estimate of drug-likeness (QED) is 0.764. The molecular weight excluding hydrogens is 388 g/mol. The molecule has 2 aromatic rings. The molecule has 2 heterocycles. The van der Waals surface area contributed by atoms with Gasteiger partial charge in [0, 0.05) is 24.0 Å². The van der Waals surface area contributed by atoms with Gasteiger partial charge >= 0.3 is 6.09 Å². The first-order valence-electron chi connectivity index (χ1n) is 8.25. The minimum absolute atomic E-state index is 0.0749. The van der Waals surface area contributed by atoms with Crippen molar-refractivity contribution < 1.29 is 19.0 Å². The first-order chi connectivity index (χ1) is 12.0. The van der Waals surface area contributed by atoms with Crippen molar-refractivity contribution in [3.05, 3.63) is 28.9 Å². The van der Waals surface area contributed by atoms with E-state index in [0.29, 0.717) is 19.0 Å². The number of hydrogen-bond acceptors (Lipinski definition) is 5. The average Bonchev–Trinajstić information content (AvgIpc) is 2.95. The third-order valence-electron chi connectivity index (χ3n) is 4.32. The third-order valence-corrected chi connectivity index (χ3v) is 4.94. The molecule has 1 amide bonds. The fourth-order valence-electron chi connectivity index (χ4n) is 3.08. The van der Waals surface area contributed by atoms with Crippen LogP contribution in [0, 0.1) is 0 Å². The van der Waals surface area contributed by atoms with Crippen LogP contribution in [0.4, 0.5) is 4.79 Å². The number of fused-ring (bicyclic) bond motifs is 1. The first-order valence-corrected chi connectivity index (χ1v) is 9.05. The lowest BCUT2D eigenvalue weighted by molar-refractivity contribution is 0.101. The molecule has 25 heavy (non-hydrogen) atoms. The van der Waals surface area contributed by atoms with Crippen LogP contribution in [0.3, 0.4) is 0 Å². The number of benzene rings is 1. The van der Waals surface area contributed by atoms with Gasteiger partial charge in [0.05, 0.1) is 24.7 Å². The summed E-state index contributed by atoms with van der Waals surface area (Å²) in [6, 6.07) is 5.87. The molecule has 1 aromatic carbocycles. The lowest BCUT2D eigenvalue weighted by atomic mass is 10.1. The van der Waals surface area contributed by atoms with E-state index < -0.39 is 0 Å². The molecule has 0 unspecified atom stereocenters. The summed E-state index contributed by atoms with van der Waals surface area (Å²) in [5.74, 6) is 1.32. The van der Waals surface area contributed by atoms with E-state index in [9.17, 15) is 4.79 Å². The lowest BCUT2D eigenvalue weighted by Gasteiger charge is -2.20. The molecule has 1 aliphatic heterocycles. The normalized spacial score (nSPS) is 19.9. The molecule has 1 aliphatic rings. The minimum Gasteiger partial charge on any atom is -0.496 e. The second-order valence-electron chi connectivity index (χ2n) is 6.00. The lowest BCUT2D eigenvalue weighted by Crippen LogP contribution is -2.35. The molecule has 0 saturated carbocycles. The summed E-state index contributed by atoms with van der Waals surface area (Å²) >= 11 is 3.50. The Labute approximate surface area is 155 Å². The molecule has 0 spiro atoms. The Kier molecular flexibility index (Phi) is 5.32. The van der Waals surface area contributed by atoms with Crippen molar-refractivity contribution >= 4 is 32.8 Å². The van der Waals surface area contributed by atoms with Gasteiger partial charge in [0.1, 0.15) is 11.9 Å². The number of amides is 1. The van der Waals surface area contributed by atoms with Gasteiger partial charge in [-0.2, -0.15) is 0 Å². The Bertz CT molecular complexity index is 783. The highest BCUT2D eigenvalue weighted by Crippen LogP contribution is 2.34. The number of halogens is 1. The molecule has 7 heteroatoms. The first kappa shape index (κ1) is 17.8. The predicted molar refractivity (Wildman–Crippen MR) is 98.2 cm³/mol. The number of nitrogens with zero attached hydrogens (tertiary/aromatic N) is 2. The Morgan fingerprint density at radius 1 is 1.44 bits per heavy atom. The van der Waals surface area contributed by atoms with Gasteiger partial charge in [-0.3, -0.25) is 0 Å². The maximum absolute atomic E-state index is 12.0. The molecule has 0 radical (unpaired) electrons. The van der Waals surface area contributed by atoms with Crippen LogP contribution >= 0.6 is 15.9 Å². The van der Waals surface area contributed by atoms with Crippen LogP contribution in [0.5, 0.6) is 11.6 Å². The zero-order valence-corrected chi connectivity index (χ0v) is 16.1. The van der Waals surface area contributed by atoms with Gasteiger partial charge in [0.25, 0.3) is 0 Å². The highest BCUT2D eigenvalue weighted by molar-refractivity contribution is 9.10. The van der Waals surface area contributed by atoms with Gasteiger partial charge in [0.2, 0.25) is 5.88 Å². The van der Waals surface area contributed by atoms with E-state index in [1.807, 2.05) is 25.1 Å². The summed E-state index contributed by atoms with van der Waals surface area (Å²) in [6.07, 6.45) is 2.05. The van der Waals surface area contributed by atoms with Crippen molar-refractivity contribution in [1.29, 1.82) is 0 Å². The van der Waals surface area contributed by atoms with E-state index in [-0.39, 0.29) is 18.2 Å². The number of likely N-dealkylation sites (tertiary alicyclic amines) is 1. The number of methoxy groups -OCH3 is 1. The Morgan fingerprint density at radius 3 is 2.96 bits per heavy atom. The van der Waals surface area contributed by atoms with Crippen LogP contribution in [0.1, 0.15) is 20.3 Å². The SMILES string of the molecule is CCOC(=O)N1C[C@H](Oc2nccc3cc(OC)c(Br)cc23)C[C@H]1C. The molecule has 1 aromatic heterocycles. The van der Waals surface area contributed by atoms with Crippen molar-refractivity contribution in [3.8, 4) is 11.6 Å². The number of ether oxygens (including phenoxy) is 3. The summed E-state index contributed by atoms with van der Waals surface area (Å²) < 4.78 is 17.4. The van der Waals surface area contributed by atoms with Gasteiger partial charge in [0.15, 0.2) is 0 Å². The van der Waals surface area contributed by atoms with E-state index in [1.54, 1.807) is 25.1 Å². The van der Waals surface area contributed by atoms with Crippen molar-refractivity contribution in [3.63, 3.8) is 0 Å². The topological polar surface area (TPSA) is 60.9 Å². The number of hydrogen-bond donors (Lipinski definition) is 0. The van der Waals surface area contributed by atoms with E-state index in [2.05, 4.69) is 20.9 Å². The van der Waals surface area contributed by atoms with Crippen molar-refractivity contribution in [1.82, 2.24) is 9.88 Å². The number of carbonyl (C=O) groups excluding carboxylic acids is 1. The van der Waals surface area contributed by atoms with Gasteiger partial charge < -0.3 is 19.1 Å². The van der Waals surface area contributed by atoms with Gasteiger partial charge in [-0.1, -0.05) is 0 Å². The van der Waals surface area contributed by atoms with Crippen LogP contribution in [0.2, 0.25) is 0 Å². The number of pyridine rings is 1. The molecule has 2 atom stereocenters. The zero-order chi connectivity index (χ0) is 18.0. The largest absolute Gasteiger partial charge is 0.496 e. The van der Waals surface area contributed by atoms with Crippen molar-refractivity contribution in [2.75, 3.05) is 20.3 Å². The molecule has 1 fully saturated rings. The summed E-state index contributed by atoms with van der Waals surface area (Å²) in [5, 5.41) is 1.88. The van der Waals surface area contributed by atoms with Crippen molar-refractivity contribution in [2.45, 2.75) is 32.4 Å². The molecule has 0 bridgehead atoms. The van der Waals surface area contributed by atoms with Crippen LogP contribution in [-0.2, 0) is 4.74 Å². The number of aromatic nitrogens is 1. The maximum Gasteiger partial charge on any atom is 0.410 e. The van der Waals surface area contributed by atoms with Crippen LogP contribution in [0.25, 0.3) is 10.8 Å². The van der Waals surface area contributed by atoms with Crippen LogP contribution < -0.4 is 9.47 Å². The molecule has 3 rings (SSSR count). The zero-order valence-electron chi connectivity index (χ0n) is 14.5. The average molecular weight is 409 g/mol. The van der Waals surface area contributed by atoms with E-state index in [1.165, 1.54) is 0 Å². The summed E-state index contributed by atoms with van der Waals surface area (Å²) in [5.41, 5.74) is 0. The van der Waals surface area contributed by atoms with E-state index in [4.69, 9.17) is 14.2 Å². The Balaban J connectivity index is 1.82. The van der Waals surface area contributed by atoms with Crippen LogP contribution in [0.15, 0.2) is 28.9 Å². The highest BCUT2D eigenvalue weighted by atomic mass is 79.9. The highest BCUT2D eigenvalue weighted by Gasteiger charge is 2.35. The summed E-state index contributed by atoms with van der Waals surface area (Å²) in [7, 11) is 1.63. The maximum atomic E-state index is 12.0. The Morgan fingerprint density at radius 2 is 2.24 bits per heavy atom. The van der Waals surface area contributed by atoms with Crippen molar-refractivity contribution in [2.24, 2.45) is 0 Å². The van der Waals surface area contributed by atoms with E-state index >= 15 is 0 Å². The molecule has 6 nitrogen and oxygen atoms in total. The summed E-state index contributed by atoms with van der Waals surface area (Å²) in [6.45, 7) is 4.67. The van der Waals surface area contributed by atoms with Crippen LogP contribution in [-0.4, -0.2) is 48.4 Å². The molecule has 1 saturated heterocycles. The fraction of sp³-hybridized carbons (Fsp3) is 0.444. The predicted octanol–water partition coefficient (Wildman–Crippen LogP) is 4.00.